The van der Waals surface area contributed by atoms with Gasteiger partial charge in [-0.1, -0.05) is 53.5 Å². The second-order valence-electron chi connectivity index (χ2n) is 8.86. The lowest BCUT2D eigenvalue weighted by Crippen LogP contribution is -2.40. The van der Waals surface area contributed by atoms with Crippen LogP contribution in [0.25, 0.3) is 27.7 Å². The lowest BCUT2D eigenvalue weighted by molar-refractivity contribution is 0.596. The Balaban J connectivity index is 1.71. The van der Waals surface area contributed by atoms with E-state index in [1.165, 1.54) is 0 Å². The zero-order valence-electron chi connectivity index (χ0n) is 19.5. The topological polar surface area (TPSA) is 86.9 Å². The highest BCUT2D eigenvalue weighted by atomic mass is 35.5. The minimum absolute atomic E-state index is 0.643. The van der Waals surface area contributed by atoms with Crippen LogP contribution in [0.5, 0.6) is 0 Å². The van der Waals surface area contributed by atoms with Gasteiger partial charge in [-0.2, -0.15) is 4.52 Å². The Kier molecular flexibility index (Phi) is 5.30. The maximum atomic E-state index is 7.32. The van der Waals surface area contributed by atoms with Gasteiger partial charge in [-0.05, 0) is 76.0 Å². The number of nitrogens with zero attached hydrogens (tertiary/aromatic N) is 6. The van der Waals surface area contributed by atoms with E-state index in [2.05, 4.69) is 26.6 Å². The molecular weight excluding hydrogens is 493 g/mol. The molecule has 0 bridgehead atoms. The Morgan fingerprint density at radius 3 is 2.42 bits per heavy atom. The third kappa shape index (κ3) is 3.39. The zero-order valence-corrected chi connectivity index (χ0v) is 21.0. The summed E-state index contributed by atoms with van der Waals surface area (Å²) < 4.78 is 3.69. The quantitative estimate of drug-likeness (QED) is 0.334. The Morgan fingerprint density at radius 1 is 0.917 bits per heavy atom. The highest BCUT2D eigenvalue weighted by molar-refractivity contribution is 6.31. The molecule has 3 heterocycles. The average molecular weight is 514 g/mol. The predicted octanol–water partition coefficient (Wildman–Crippen LogP) is 5.54. The van der Waals surface area contributed by atoms with E-state index in [1.807, 2.05) is 79.2 Å². The fraction of sp³-hybridized carbons (Fsp3) is 0.111. The van der Waals surface area contributed by atoms with Gasteiger partial charge in [-0.3, -0.25) is 0 Å². The molecule has 36 heavy (non-hydrogen) atoms. The molecule has 178 valence electrons. The maximum Gasteiger partial charge on any atom is 0.183 e. The molecule has 3 aromatic heterocycles. The van der Waals surface area contributed by atoms with E-state index in [4.69, 9.17) is 28.9 Å². The van der Waals surface area contributed by atoms with Gasteiger partial charge in [-0.15, -0.1) is 5.10 Å². The molecule has 0 radical (unpaired) electrons. The van der Waals surface area contributed by atoms with Gasteiger partial charge in [0.2, 0.25) is 0 Å². The van der Waals surface area contributed by atoms with E-state index in [-0.39, 0.29) is 0 Å². The number of hydrogen-bond acceptors (Lipinski definition) is 5. The molecule has 7 nitrogen and oxygen atoms in total. The molecule has 6 rings (SSSR count). The fourth-order valence-electron chi connectivity index (χ4n) is 4.99. The van der Waals surface area contributed by atoms with E-state index in [0.29, 0.717) is 15.7 Å². The van der Waals surface area contributed by atoms with Crippen molar-refractivity contribution in [2.75, 3.05) is 0 Å². The van der Waals surface area contributed by atoms with Crippen molar-refractivity contribution in [3.8, 4) is 11.1 Å². The first-order valence-electron chi connectivity index (χ1n) is 11.3. The van der Waals surface area contributed by atoms with Crippen molar-refractivity contribution in [2.24, 2.45) is 12.8 Å². The van der Waals surface area contributed by atoms with Crippen molar-refractivity contribution >= 4 is 39.8 Å². The van der Waals surface area contributed by atoms with Crippen molar-refractivity contribution in [2.45, 2.75) is 12.5 Å². The van der Waals surface area contributed by atoms with Crippen molar-refractivity contribution < 1.29 is 0 Å². The molecule has 0 fully saturated rings. The van der Waals surface area contributed by atoms with Crippen LogP contribution in [0.15, 0.2) is 79.3 Å². The van der Waals surface area contributed by atoms with Gasteiger partial charge in [0.25, 0.3) is 0 Å². The molecule has 2 N–H and O–H groups in total. The van der Waals surface area contributed by atoms with Crippen LogP contribution in [0.4, 0.5) is 0 Å². The van der Waals surface area contributed by atoms with E-state index in [9.17, 15) is 0 Å². The van der Waals surface area contributed by atoms with Crippen molar-refractivity contribution in [1.82, 2.24) is 29.6 Å². The Hall–Kier alpha value is -3.78. The molecule has 3 aromatic carbocycles. The number of halogens is 2. The fourth-order valence-corrected chi connectivity index (χ4v) is 5.31. The summed E-state index contributed by atoms with van der Waals surface area (Å²) in [4.78, 5) is 4.35. The lowest BCUT2D eigenvalue weighted by Gasteiger charge is -2.31. The molecule has 0 aliphatic carbocycles. The minimum atomic E-state index is -1.00. The molecule has 0 aliphatic heterocycles. The number of aryl methyl sites for hydroxylation is 2. The SMILES string of the molecule is Cc1c(-c2cccc(Cl)c2)c2cc(C(N)(c3ccc(Cl)cc3)c3cncn3C)ccc2n2nnnc12. The predicted molar refractivity (Wildman–Crippen MR) is 142 cm³/mol. The van der Waals surface area contributed by atoms with Gasteiger partial charge in [0.1, 0.15) is 5.54 Å². The normalized spacial score (nSPS) is 13.4. The first-order valence-corrected chi connectivity index (χ1v) is 12.1. The number of rotatable bonds is 4. The van der Waals surface area contributed by atoms with Crippen LogP contribution in [-0.4, -0.2) is 29.6 Å². The molecule has 1 unspecified atom stereocenters. The van der Waals surface area contributed by atoms with E-state index in [1.54, 1.807) is 17.0 Å². The van der Waals surface area contributed by atoms with Crippen LogP contribution in [-0.2, 0) is 12.6 Å². The molecular formula is C27H21Cl2N7. The second-order valence-corrected chi connectivity index (χ2v) is 9.73. The van der Waals surface area contributed by atoms with Crippen LogP contribution in [0, 0.1) is 6.92 Å². The lowest BCUT2D eigenvalue weighted by atomic mass is 9.80. The van der Waals surface area contributed by atoms with Gasteiger partial charge in [0, 0.05) is 28.0 Å². The molecule has 1 atom stereocenters. The van der Waals surface area contributed by atoms with E-state index < -0.39 is 5.54 Å². The minimum Gasteiger partial charge on any atom is -0.336 e. The summed E-state index contributed by atoms with van der Waals surface area (Å²) in [7, 11) is 1.94. The van der Waals surface area contributed by atoms with Gasteiger partial charge < -0.3 is 10.3 Å². The van der Waals surface area contributed by atoms with Gasteiger partial charge in [0.05, 0.1) is 23.7 Å². The Morgan fingerprint density at radius 2 is 1.69 bits per heavy atom. The number of tetrazole rings is 1. The maximum absolute atomic E-state index is 7.32. The Labute approximate surface area is 217 Å². The summed E-state index contributed by atoms with van der Waals surface area (Å²) in [6, 6.07) is 21.5. The summed E-state index contributed by atoms with van der Waals surface area (Å²) in [5, 5.41) is 14.7. The molecule has 6 aromatic rings. The van der Waals surface area contributed by atoms with Crippen molar-refractivity contribution in [3.05, 3.63) is 112 Å². The van der Waals surface area contributed by atoms with Crippen LogP contribution in [0.1, 0.15) is 22.4 Å². The number of imidazole rings is 1. The third-order valence-electron chi connectivity index (χ3n) is 6.76. The number of benzene rings is 3. The highest BCUT2D eigenvalue weighted by Crippen LogP contribution is 2.40. The first kappa shape index (κ1) is 22.7. The molecule has 0 saturated heterocycles. The average Bonchev–Trinajstić information content (AvgIpc) is 3.54. The van der Waals surface area contributed by atoms with Gasteiger partial charge >= 0.3 is 0 Å². The number of nitrogens with two attached hydrogens (primary N) is 1. The van der Waals surface area contributed by atoms with Crippen LogP contribution in [0.3, 0.4) is 0 Å². The molecule has 0 amide bonds. The van der Waals surface area contributed by atoms with Gasteiger partial charge in [0.15, 0.2) is 5.65 Å². The summed E-state index contributed by atoms with van der Waals surface area (Å²) in [6.45, 7) is 2.02. The molecule has 0 aliphatic rings. The van der Waals surface area contributed by atoms with Crippen molar-refractivity contribution in [3.63, 3.8) is 0 Å². The number of hydrogen-bond donors (Lipinski definition) is 1. The van der Waals surface area contributed by atoms with Crippen LogP contribution in [0.2, 0.25) is 10.0 Å². The van der Waals surface area contributed by atoms with Gasteiger partial charge in [-0.25, -0.2) is 4.98 Å². The smallest absolute Gasteiger partial charge is 0.183 e. The second kappa shape index (κ2) is 8.41. The standard InChI is InChI=1S/C27H21Cl2N7/c1-16-25(17-4-3-5-21(29)12-17)22-13-19(8-11-23(22)36-26(16)32-33-34-36)27(30,24-14-31-15-35(24)2)18-6-9-20(28)10-7-18/h3-15H,30H2,1-2H3. The number of aromatic nitrogens is 6. The summed E-state index contributed by atoms with van der Waals surface area (Å²) in [5.74, 6) is 0. The van der Waals surface area contributed by atoms with Crippen LogP contribution < -0.4 is 5.73 Å². The summed E-state index contributed by atoms with van der Waals surface area (Å²) in [6.07, 6.45) is 3.55. The summed E-state index contributed by atoms with van der Waals surface area (Å²) in [5.41, 5.74) is 13.4. The van der Waals surface area contributed by atoms with Crippen LogP contribution >= 0.6 is 23.2 Å². The molecule has 9 heteroatoms. The number of pyridine rings is 1. The number of fused-ring (bicyclic) bond motifs is 3. The largest absolute Gasteiger partial charge is 0.336 e. The van der Waals surface area contributed by atoms with E-state index >= 15 is 0 Å². The summed E-state index contributed by atoms with van der Waals surface area (Å²) >= 11 is 12.6. The monoisotopic (exact) mass is 513 g/mol. The zero-order chi connectivity index (χ0) is 25.0. The highest BCUT2D eigenvalue weighted by Gasteiger charge is 2.35. The Bertz CT molecular complexity index is 1750. The molecule has 0 saturated carbocycles. The first-order chi connectivity index (χ1) is 17.4. The van der Waals surface area contributed by atoms with E-state index in [0.717, 1.165) is 44.4 Å². The third-order valence-corrected chi connectivity index (χ3v) is 7.25. The van der Waals surface area contributed by atoms with Crippen molar-refractivity contribution in [1.29, 1.82) is 0 Å². The molecule has 0 spiro atoms.